The van der Waals surface area contributed by atoms with Gasteiger partial charge in [0.1, 0.15) is 5.75 Å². The highest BCUT2D eigenvalue weighted by Crippen LogP contribution is 2.40. The van der Waals surface area contributed by atoms with Crippen molar-refractivity contribution in [1.82, 2.24) is 14.7 Å². The zero-order chi connectivity index (χ0) is 23.2. The number of alkyl halides is 3. The Labute approximate surface area is 180 Å². The Morgan fingerprint density at radius 1 is 1.16 bits per heavy atom. The summed E-state index contributed by atoms with van der Waals surface area (Å²) in [6.07, 6.45) is -1.55. The van der Waals surface area contributed by atoms with Crippen molar-refractivity contribution in [3.8, 4) is 5.75 Å². The van der Waals surface area contributed by atoms with E-state index in [0.717, 1.165) is 44.9 Å². The van der Waals surface area contributed by atoms with Gasteiger partial charge in [-0.1, -0.05) is 12.1 Å². The molecule has 0 unspecified atom stereocenters. The molecular formula is C21H30F3N3O4. The molecular weight excluding hydrogens is 415 g/mol. The Balaban J connectivity index is 0.000000423. The molecule has 2 aliphatic rings. The summed E-state index contributed by atoms with van der Waals surface area (Å²) in [5, 5.41) is 7.12. The van der Waals surface area contributed by atoms with Crippen molar-refractivity contribution in [2.45, 2.75) is 32.0 Å². The monoisotopic (exact) mass is 445 g/mol. The molecule has 0 radical (unpaired) electrons. The normalized spacial score (nSPS) is 18.3. The van der Waals surface area contributed by atoms with Crippen molar-refractivity contribution < 1.29 is 32.6 Å². The summed E-state index contributed by atoms with van der Waals surface area (Å²) < 4.78 is 37.0. The van der Waals surface area contributed by atoms with Gasteiger partial charge in [0.15, 0.2) is 0 Å². The highest BCUT2D eigenvalue weighted by Gasteiger charge is 2.42. The number of hydrogen-bond acceptors (Lipinski definition) is 4. The van der Waals surface area contributed by atoms with E-state index in [1.807, 2.05) is 25.1 Å². The van der Waals surface area contributed by atoms with Crippen LogP contribution in [0.25, 0.3) is 0 Å². The second-order valence-electron chi connectivity index (χ2n) is 8.28. The summed E-state index contributed by atoms with van der Waals surface area (Å²) in [5.74, 6) is -1.83. The van der Waals surface area contributed by atoms with Crippen molar-refractivity contribution in [2.24, 2.45) is 5.41 Å². The molecule has 31 heavy (non-hydrogen) atoms. The van der Waals surface area contributed by atoms with Crippen molar-refractivity contribution >= 4 is 12.0 Å². The van der Waals surface area contributed by atoms with Crippen LogP contribution >= 0.6 is 0 Å². The van der Waals surface area contributed by atoms with Crippen LogP contribution in [0.5, 0.6) is 5.75 Å². The first kappa shape index (κ1) is 24.8. The number of carboxylic acid groups (broad SMARTS) is 1. The third-order valence-corrected chi connectivity index (χ3v) is 5.79. The molecule has 2 heterocycles. The number of piperidine rings is 1. The Hall–Kier alpha value is -2.49. The first-order valence-corrected chi connectivity index (χ1v) is 10.1. The SMILES string of the molecule is COc1cccc(CN2CCC3(CC2)CCN(C(=O)N(C)C)C3)c1.O=C(O)C(F)(F)F. The summed E-state index contributed by atoms with van der Waals surface area (Å²) in [7, 11) is 5.39. The lowest BCUT2D eigenvalue weighted by Crippen LogP contribution is -2.43. The van der Waals surface area contributed by atoms with Crippen LogP contribution in [0, 0.1) is 5.41 Å². The van der Waals surface area contributed by atoms with E-state index in [4.69, 9.17) is 14.6 Å². The number of urea groups is 1. The molecule has 1 aromatic carbocycles. The van der Waals surface area contributed by atoms with Gasteiger partial charge >= 0.3 is 18.2 Å². The Kier molecular flexibility index (Phi) is 8.16. The molecule has 0 aliphatic carbocycles. The third kappa shape index (κ3) is 7.02. The standard InChI is InChI=1S/C19H29N3O2.C2HF3O2/c1-20(2)18(23)22-12-9-19(15-22)7-10-21(11-8-19)14-16-5-4-6-17(13-16)24-3;3-2(4,5)1(6)7/h4-6,13H,7-12,14-15H2,1-3H3;(H,6,7). The van der Waals surface area contributed by atoms with Crippen LogP contribution < -0.4 is 4.74 Å². The van der Waals surface area contributed by atoms with Crippen LogP contribution in [0.3, 0.4) is 0 Å². The van der Waals surface area contributed by atoms with Crippen molar-refractivity contribution in [1.29, 1.82) is 0 Å². The largest absolute Gasteiger partial charge is 0.497 e. The van der Waals surface area contributed by atoms with Crippen molar-refractivity contribution in [3.63, 3.8) is 0 Å². The average Bonchev–Trinajstić information content (AvgIpc) is 3.13. The molecule has 0 atom stereocenters. The number of methoxy groups -OCH3 is 1. The van der Waals surface area contributed by atoms with Crippen molar-refractivity contribution in [3.05, 3.63) is 29.8 Å². The number of carbonyl (C=O) groups is 2. The van der Waals surface area contributed by atoms with Gasteiger partial charge in [-0.3, -0.25) is 4.90 Å². The number of rotatable bonds is 3. The van der Waals surface area contributed by atoms with E-state index < -0.39 is 12.1 Å². The van der Waals surface area contributed by atoms with Crippen molar-refractivity contribution in [2.75, 3.05) is 47.4 Å². The minimum atomic E-state index is -5.08. The molecule has 2 fully saturated rings. The number of amides is 2. The number of halogens is 3. The predicted octanol–water partition coefficient (Wildman–Crippen LogP) is 3.30. The smallest absolute Gasteiger partial charge is 0.490 e. The number of aliphatic carboxylic acids is 1. The second-order valence-corrected chi connectivity index (χ2v) is 8.28. The van der Waals surface area contributed by atoms with E-state index in [-0.39, 0.29) is 6.03 Å². The van der Waals surface area contributed by atoms with E-state index in [1.54, 1.807) is 12.0 Å². The Morgan fingerprint density at radius 3 is 2.26 bits per heavy atom. The first-order chi connectivity index (χ1) is 14.5. The minimum Gasteiger partial charge on any atom is -0.497 e. The predicted molar refractivity (Wildman–Crippen MR) is 109 cm³/mol. The maximum atomic E-state index is 12.2. The van der Waals surface area contributed by atoms with Crippen LogP contribution in [-0.4, -0.2) is 85.4 Å². The maximum Gasteiger partial charge on any atom is 0.490 e. The molecule has 2 amide bonds. The molecule has 1 N–H and O–H groups in total. The number of likely N-dealkylation sites (tertiary alicyclic amines) is 2. The zero-order valence-corrected chi connectivity index (χ0v) is 18.1. The quantitative estimate of drug-likeness (QED) is 0.773. The molecule has 2 saturated heterocycles. The summed E-state index contributed by atoms with van der Waals surface area (Å²) in [5.41, 5.74) is 1.65. The lowest BCUT2D eigenvalue weighted by Gasteiger charge is -2.39. The van der Waals surface area contributed by atoms with Gasteiger partial charge in [0, 0.05) is 33.7 Å². The minimum absolute atomic E-state index is 0.158. The van der Waals surface area contributed by atoms with Gasteiger partial charge < -0.3 is 19.6 Å². The fourth-order valence-corrected chi connectivity index (χ4v) is 4.00. The van der Waals surface area contributed by atoms with Gasteiger partial charge in [-0.15, -0.1) is 0 Å². The highest BCUT2D eigenvalue weighted by molar-refractivity contribution is 5.74. The Bertz CT molecular complexity index is 762. The molecule has 7 nitrogen and oxygen atoms in total. The first-order valence-electron chi connectivity index (χ1n) is 10.1. The maximum absolute atomic E-state index is 12.2. The zero-order valence-electron chi connectivity index (χ0n) is 18.1. The molecule has 1 aromatic rings. The van der Waals surface area contributed by atoms with Gasteiger partial charge in [-0.05, 0) is 55.5 Å². The van der Waals surface area contributed by atoms with Crippen LogP contribution in [0.2, 0.25) is 0 Å². The van der Waals surface area contributed by atoms with Crippen LogP contribution in [0.4, 0.5) is 18.0 Å². The van der Waals surface area contributed by atoms with Gasteiger partial charge in [0.25, 0.3) is 0 Å². The number of nitrogens with zero attached hydrogens (tertiary/aromatic N) is 3. The highest BCUT2D eigenvalue weighted by atomic mass is 19.4. The molecule has 174 valence electrons. The molecule has 0 saturated carbocycles. The number of carboxylic acids is 1. The lowest BCUT2D eigenvalue weighted by atomic mass is 9.77. The van der Waals surface area contributed by atoms with Crippen LogP contribution in [0.15, 0.2) is 24.3 Å². The van der Waals surface area contributed by atoms with E-state index in [0.29, 0.717) is 5.41 Å². The van der Waals surface area contributed by atoms with E-state index in [9.17, 15) is 18.0 Å². The third-order valence-electron chi connectivity index (χ3n) is 5.79. The summed E-state index contributed by atoms with van der Waals surface area (Å²) >= 11 is 0. The van der Waals surface area contributed by atoms with Gasteiger partial charge in [-0.2, -0.15) is 13.2 Å². The fraction of sp³-hybridized carbons (Fsp3) is 0.619. The molecule has 1 spiro atoms. The van der Waals surface area contributed by atoms with Crippen LogP contribution in [0.1, 0.15) is 24.8 Å². The number of benzene rings is 1. The van der Waals surface area contributed by atoms with Gasteiger partial charge in [-0.25, -0.2) is 9.59 Å². The molecule has 2 aliphatic heterocycles. The average molecular weight is 445 g/mol. The Morgan fingerprint density at radius 2 is 1.74 bits per heavy atom. The van der Waals surface area contributed by atoms with Gasteiger partial charge in [0.05, 0.1) is 7.11 Å². The second kappa shape index (κ2) is 10.2. The molecule has 0 bridgehead atoms. The van der Waals surface area contributed by atoms with Crippen LogP contribution in [-0.2, 0) is 11.3 Å². The number of ether oxygens (including phenoxy) is 1. The molecule has 0 aromatic heterocycles. The number of carbonyl (C=O) groups excluding carboxylic acids is 1. The fourth-order valence-electron chi connectivity index (χ4n) is 4.00. The molecule has 3 rings (SSSR count). The van der Waals surface area contributed by atoms with E-state index >= 15 is 0 Å². The number of hydrogen-bond donors (Lipinski definition) is 1. The summed E-state index contributed by atoms with van der Waals surface area (Å²) in [4.78, 5) is 27.3. The summed E-state index contributed by atoms with van der Waals surface area (Å²) in [6.45, 7) is 5.04. The lowest BCUT2D eigenvalue weighted by molar-refractivity contribution is -0.192. The van der Waals surface area contributed by atoms with Gasteiger partial charge in [0.2, 0.25) is 0 Å². The topological polar surface area (TPSA) is 73.3 Å². The van der Waals surface area contributed by atoms with E-state index in [2.05, 4.69) is 23.1 Å². The molecule has 10 heteroatoms. The summed E-state index contributed by atoms with van der Waals surface area (Å²) in [6, 6.07) is 8.49. The van der Waals surface area contributed by atoms with E-state index in [1.165, 1.54) is 18.4 Å².